The topological polar surface area (TPSA) is 58.6 Å². The van der Waals surface area contributed by atoms with E-state index in [-0.39, 0.29) is 6.42 Å². The van der Waals surface area contributed by atoms with E-state index in [0.29, 0.717) is 13.0 Å². The van der Waals surface area contributed by atoms with E-state index >= 15 is 0 Å². The molecule has 1 atom stereocenters. The summed E-state index contributed by atoms with van der Waals surface area (Å²) in [6, 6.07) is 8.10. The molecule has 2 rings (SSSR count). The zero-order chi connectivity index (χ0) is 17.3. The molecule has 4 nitrogen and oxygen atoms in total. The fraction of sp³-hybridized carbons (Fsp3) is 0.526. The molecule has 23 heavy (non-hydrogen) atoms. The van der Waals surface area contributed by atoms with Crippen LogP contribution in [0.2, 0.25) is 0 Å². The van der Waals surface area contributed by atoms with Crippen LogP contribution < -0.4 is 5.32 Å². The summed E-state index contributed by atoms with van der Waals surface area (Å²) in [6.07, 6.45) is 4.42. The van der Waals surface area contributed by atoms with E-state index in [1.807, 2.05) is 39.0 Å². The van der Waals surface area contributed by atoms with Crippen molar-refractivity contribution in [1.82, 2.24) is 0 Å². The predicted molar refractivity (Wildman–Crippen MR) is 94.7 cm³/mol. The molecule has 1 aromatic carbocycles. The van der Waals surface area contributed by atoms with Gasteiger partial charge in [0.1, 0.15) is 5.60 Å². The first kappa shape index (κ1) is 19.2. The molecule has 1 aliphatic rings. The SMILES string of the molecule is CC.CCc1ccccc1NC1=CCCO[C@]1(CC)CC(=O)O. The third-order valence-electron chi connectivity index (χ3n) is 4.01. The van der Waals surface area contributed by atoms with Crippen molar-refractivity contribution in [1.29, 1.82) is 0 Å². The van der Waals surface area contributed by atoms with E-state index in [9.17, 15) is 9.90 Å². The number of carboxylic acids is 1. The lowest BCUT2D eigenvalue weighted by Gasteiger charge is -2.37. The van der Waals surface area contributed by atoms with Crippen LogP contribution in [0.25, 0.3) is 0 Å². The second-order valence-corrected chi connectivity index (χ2v) is 5.31. The summed E-state index contributed by atoms with van der Waals surface area (Å²) in [6.45, 7) is 8.65. The molecule has 1 aromatic rings. The number of carboxylic acid groups (broad SMARTS) is 1. The van der Waals surface area contributed by atoms with Crippen molar-refractivity contribution in [3.63, 3.8) is 0 Å². The maximum Gasteiger partial charge on any atom is 0.306 e. The van der Waals surface area contributed by atoms with Gasteiger partial charge in [0.15, 0.2) is 0 Å². The molecular formula is C19H29NO3. The minimum Gasteiger partial charge on any atom is -0.481 e. The number of nitrogens with one attached hydrogen (secondary N) is 1. The molecule has 0 saturated heterocycles. The highest BCUT2D eigenvalue weighted by Crippen LogP contribution is 2.34. The highest BCUT2D eigenvalue weighted by atomic mass is 16.5. The third-order valence-corrected chi connectivity index (χ3v) is 4.01. The van der Waals surface area contributed by atoms with Gasteiger partial charge in [-0.1, -0.05) is 52.0 Å². The number of anilines is 1. The number of para-hydroxylation sites is 1. The smallest absolute Gasteiger partial charge is 0.306 e. The van der Waals surface area contributed by atoms with Crippen molar-refractivity contribution in [2.75, 3.05) is 11.9 Å². The first-order valence-corrected chi connectivity index (χ1v) is 8.52. The van der Waals surface area contributed by atoms with Crippen LogP contribution in [0.15, 0.2) is 36.0 Å². The van der Waals surface area contributed by atoms with Gasteiger partial charge in [-0.3, -0.25) is 4.79 Å². The Morgan fingerprint density at radius 2 is 2.00 bits per heavy atom. The van der Waals surface area contributed by atoms with Gasteiger partial charge in [-0.05, 0) is 30.9 Å². The van der Waals surface area contributed by atoms with Gasteiger partial charge in [0.25, 0.3) is 0 Å². The fourth-order valence-corrected chi connectivity index (χ4v) is 2.79. The van der Waals surface area contributed by atoms with E-state index in [1.165, 1.54) is 5.56 Å². The van der Waals surface area contributed by atoms with Crippen LogP contribution >= 0.6 is 0 Å². The first-order chi connectivity index (χ1) is 11.1. The Kier molecular flexibility index (Phi) is 7.83. The van der Waals surface area contributed by atoms with Crippen LogP contribution in [0.4, 0.5) is 5.69 Å². The van der Waals surface area contributed by atoms with E-state index in [0.717, 1.165) is 24.2 Å². The molecule has 2 N–H and O–H groups in total. The number of aryl methyl sites for hydroxylation is 1. The number of hydrogen-bond donors (Lipinski definition) is 2. The minimum absolute atomic E-state index is 0.0172. The minimum atomic E-state index is -0.838. The first-order valence-electron chi connectivity index (χ1n) is 8.52. The molecule has 0 fully saturated rings. The van der Waals surface area contributed by atoms with E-state index < -0.39 is 11.6 Å². The van der Waals surface area contributed by atoms with Gasteiger partial charge in [0.2, 0.25) is 0 Å². The molecular weight excluding hydrogens is 290 g/mol. The Labute approximate surface area is 139 Å². The van der Waals surface area contributed by atoms with Gasteiger partial charge in [-0.2, -0.15) is 0 Å². The van der Waals surface area contributed by atoms with Crippen LogP contribution in [0, 0.1) is 0 Å². The number of hydrogen-bond acceptors (Lipinski definition) is 3. The van der Waals surface area contributed by atoms with Gasteiger partial charge in [0.05, 0.1) is 13.0 Å². The van der Waals surface area contributed by atoms with Crippen molar-refractivity contribution >= 4 is 11.7 Å². The lowest BCUT2D eigenvalue weighted by Crippen LogP contribution is -2.42. The Balaban J connectivity index is 0.00000127. The summed E-state index contributed by atoms with van der Waals surface area (Å²) in [5.41, 5.74) is 2.37. The molecule has 0 aliphatic carbocycles. The molecule has 0 unspecified atom stereocenters. The van der Waals surface area contributed by atoms with Crippen molar-refractivity contribution in [2.45, 2.75) is 59.0 Å². The quantitative estimate of drug-likeness (QED) is 0.803. The molecule has 0 aromatic heterocycles. The van der Waals surface area contributed by atoms with E-state index in [2.05, 4.69) is 24.4 Å². The Bertz CT molecular complexity index is 539. The summed E-state index contributed by atoms with van der Waals surface area (Å²) in [7, 11) is 0. The molecule has 1 aliphatic heterocycles. The summed E-state index contributed by atoms with van der Waals surface area (Å²) in [5.74, 6) is -0.838. The van der Waals surface area contributed by atoms with Gasteiger partial charge in [-0.25, -0.2) is 0 Å². The second-order valence-electron chi connectivity index (χ2n) is 5.31. The third kappa shape index (κ3) is 4.83. The molecule has 128 valence electrons. The monoisotopic (exact) mass is 319 g/mol. The van der Waals surface area contributed by atoms with Crippen molar-refractivity contribution in [2.24, 2.45) is 0 Å². The standard InChI is InChI=1S/C17H23NO3.C2H6/c1-3-13-8-5-6-9-14(13)18-15-10-7-11-21-17(15,4-2)12-16(19)20;1-2/h5-6,8-10,18H,3-4,7,11-12H2,1-2H3,(H,19,20);1-2H3/t17-;/m1./s1. The Hall–Kier alpha value is -1.81. The van der Waals surface area contributed by atoms with Crippen molar-refractivity contribution < 1.29 is 14.6 Å². The number of ether oxygens (including phenoxy) is 1. The molecule has 1 heterocycles. The highest BCUT2D eigenvalue weighted by Gasteiger charge is 2.38. The van der Waals surface area contributed by atoms with Gasteiger partial charge >= 0.3 is 5.97 Å². The number of aliphatic carboxylic acids is 1. The largest absolute Gasteiger partial charge is 0.481 e. The van der Waals surface area contributed by atoms with E-state index in [4.69, 9.17) is 4.74 Å². The van der Waals surface area contributed by atoms with E-state index in [1.54, 1.807) is 0 Å². The number of rotatable bonds is 6. The molecule has 0 amide bonds. The van der Waals surface area contributed by atoms with Crippen LogP contribution in [0.1, 0.15) is 52.5 Å². The summed E-state index contributed by atoms with van der Waals surface area (Å²) in [4.78, 5) is 11.2. The number of benzene rings is 1. The van der Waals surface area contributed by atoms with Crippen molar-refractivity contribution in [3.8, 4) is 0 Å². The van der Waals surface area contributed by atoms with Gasteiger partial charge in [-0.15, -0.1) is 0 Å². The molecule has 0 spiro atoms. The molecule has 0 radical (unpaired) electrons. The van der Waals surface area contributed by atoms with Crippen LogP contribution in [-0.2, 0) is 16.0 Å². The zero-order valence-corrected chi connectivity index (χ0v) is 14.7. The molecule has 0 saturated carbocycles. The zero-order valence-electron chi connectivity index (χ0n) is 14.7. The summed E-state index contributed by atoms with van der Waals surface area (Å²) < 4.78 is 5.87. The summed E-state index contributed by atoms with van der Waals surface area (Å²) >= 11 is 0. The highest BCUT2D eigenvalue weighted by molar-refractivity contribution is 5.70. The number of carbonyl (C=O) groups is 1. The Morgan fingerprint density at radius 1 is 1.30 bits per heavy atom. The molecule has 0 bridgehead atoms. The average molecular weight is 319 g/mol. The fourth-order valence-electron chi connectivity index (χ4n) is 2.79. The predicted octanol–water partition coefficient (Wildman–Crippen LogP) is 4.61. The lowest BCUT2D eigenvalue weighted by molar-refractivity contribution is -0.144. The lowest BCUT2D eigenvalue weighted by atomic mass is 9.89. The van der Waals surface area contributed by atoms with Crippen molar-refractivity contribution in [3.05, 3.63) is 41.6 Å². The van der Waals surface area contributed by atoms with Crippen LogP contribution in [0.3, 0.4) is 0 Å². The average Bonchev–Trinajstić information content (AvgIpc) is 2.58. The Morgan fingerprint density at radius 3 is 2.61 bits per heavy atom. The maximum atomic E-state index is 11.2. The van der Waals surface area contributed by atoms with Crippen LogP contribution in [0.5, 0.6) is 0 Å². The maximum absolute atomic E-state index is 11.2. The molecule has 4 heteroatoms. The van der Waals surface area contributed by atoms with Gasteiger partial charge < -0.3 is 15.2 Å². The summed E-state index contributed by atoms with van der Waals surface area (Å²) in [5, 5.41) is 12.6. The van der Waals surface area contributed by atoms with Gasteiger partial charge in [0, 0.05) is 11.4 Å². The normalized spacial score (nSPS) is 20.1. The second kappa shape index (κ2) is 9.36. The van der Waals surface area contributed by atoms with Crippen LogP contribution in [-0.4, -0.2) is 23.3 Å².